The normalized spacial score (nSPS) is 18.5. The second kappa shape index (κ2) is 9.60. The summed E-state index contributed by atoms with van der Waals surface area (Å²) in [7, 11) is -3.22. The number of amides is 1. The summed E-state index contributed by atoms with van der Waals surface area (Å²) < 4.78 is 31.4. The minimum atomic E-state index is -3.22. The molecule has 1 fully saturated rings. The Morgan fingerprint density at radius 1 is 1.09 bits per heavy atom. The molecule has 0 atom stereocenters. The van der Waals surface area contributed by atoms with Crippen molar-refractivity contribution in [2.45, 2.75) is 38.8 Å². The van der Waals surface area contributed by atoms with Gasteiger partial charge in [-0.05, 0) is 67.4 Å². The Hall–Kier alpha value is -2.42. The van der Waals surface area contributed by atoms with Crippen LogP contribution in [0.1, 0.15) is 36.0 Å². The number of hydrogen-bond donors (Lipinski definition) is 2. The van der Waals surface area contributed by atoms with E-state index in [0.717, 1.165) is 56.6 Å². The summed E-state index contributed by atoms with van der Waals surface area (Å²) in [6.45, 7) is 3.46. The Kier molecular flexibility index (Phi) is 6.83. The number of cyclic esters (lactones) is 1. The molecule has 1 saturated heterocycles. The first-order valence-electron chi connectivity index (χ1n) is 11.1. The largest absolute Gasteiger partial charge is 0.444 e. The highest BCUT2D eigenvalue weighted by Crippen LogP contribution is 2.36. The number of nitrogens with zero attached hydrogens (tertiary/aromatic N) is 1. The van der Waals surface area contributed by atoms with Crippen LogP contribution in [0.2, 0.25) is 0 Å². The third-order valence-corrected chi connectivity index (χ3v) is 7.25. The molecule has 1 amide bonds. The molecule has 0 aliphatic carbocycles. The topological polar surface area (TPSA) is 87.7 Å². The first-order valence-corrected chi connectivity index (χ1v) is 13.0. The van der Waals surface area contributed by atoms with Crippen LogP contribution in [0, 0.1) is 5.41 Å². The van der Waals surface area contributed by atoms with Crippen molar-refractivity contribution in [1.82, 2.24) is 9.62 Å². The first kappa shape index (κ1) is 22.8. The summed E-state index contributed by atoms with van der Waals surface area (Å²) in [6.07, 6.45) is 4.64. The van der Waals surface area contributed by atoms with E-state index < -0.39 is 16.1 Å². The Bertz CT molecular complexity index is 1050. The zero-order chi connectivity index (χ0) is 22.6. The number of benzene rings is 2. The van der Waals surface area contributed by atoms with Gasteiger partial charge in [-0.15, -0.1) is 0 Å². The van der Waals surface area contributed by atoms with Crippen LogP contribution in [0.25, 0.3) is 0 Å². The lowest BCUT2D eigenvalue weighted by atomic mass is 9.74. The smallest absolute Gasteiger partial charge is 0.411 e. The van der Waals surface area contributed by atoms with E-state index in [1.54, 1.807) is 0 Å². The standard InChI is InChI=1S/C24H31N3O4S/c1-32(29,30)25-18-24(10-9-19-5-3-2-4-6-19)11-13-27(14-12-24)16-20-7-8-22-21(15-20)17-31-23(28)26-22/h2-8,15,25H,9-14,16-18H2,1H3,(H,26,28). The average molecular weight is 458 g/mol. The lowest BCUT2D eigenvalue weighted by Gasteiger charge is -2.42. The van der Waals surface area contributed by atoms with Crippen molar-refractivity contribution < 1.29 is 17.9 Å². The third-order valence-electron chi connectivity index (χ3n) is 6.58. The van der Waals surface area contributed by atoms with Gasteiger partial charge in [0, 0.05) is 18.7 Å². The second-order valence-electron chi connectivity index (χ2n) is 9.05. The zero-order valence-electron chi connectivity index (χ0n) is 18.5. The van der Waals surface area contributed by atoms with Gasteiger partial charge in [-0.3, -0.25) is 10.2 Å². The Morgan fingerprint density at radius 3 is 2.56 bits per heavy atom. The van der Waals surface area contributed by atoms with E-state index in [0.29, 0.717) is 13.2 Å². The van der Waals surface area contributed by atoms with Gasteiger partial charge in [-0.1, -0.05) is 36.4 Å². The Morgan fingerprint density at radius 2 is 1.84 bits per heavy atom. The van der Waals surface area contributed by atoms with Crippen LogP contribution in [0.15, 0.2) is 48.5 Å². The number of nitrogens with one attached hydrogen (secondary N) is 2. The van der Waals surface area contributed by atoms with Gasteiger partial charge < -0.3 is 4.74 Å². The summed E-state index contributed by atoms with van der Waals surface area (Å²) >= 11 is 0. The molecule has 0 unspecified atom stereocenters. The van der Waals surface area contributed by atoms with E-state index in [2.05, 4.69) is 45.3 Å². The lowest BCUT2D eigenvalue weighted by molar-refractivity contribution is 0.0939. The molecule has 2 aliphatic heterocycles. The SMILES string of the molecule is CS(=O)(=O)NCC1(CCc2ccccc2)CCN(Cc2ccc3c(c2)COC(=O)N3)CC1. The maximum atomic E-state index is 11.8. The van der Waals surface area contributed by atoms with Crippen LogP contribution in [-0.2, 0) is 34.3 Å². The summed E-state index contributed by atoms with van der Waals surface area (Å²) in [5.41, 5.74) is 4.25. The van der Waals surface area contributed by atoms with Crippen molar-refractivity contribution in [2.75, 3.05) is 31.2 Å². The zero-order valence-corrected chi connectivity index (χ0v) is 19.3. The fourth-order valence-electron chi connectivity index (χ4n) is 4.57. The van der Waals surface area contributed by atoms with Crippen molar-refractivity contribution in [3.63, 3.8) is 0 Å². The highest BCUT2D eigenvalue weighted by molar-refractivity contribution is 7.88. The molecule has 2 aromatic rings. The first-order chi connectivity index (χ1) is 15.3. The Balaban J connectivity index is 1.38. The van der Waals surface area contributed by atoms with E-state index in [1.807, 2.05) is 18.2 Å². The predicted octanol–water partition coefficient (Wildman–Crippen LogP) is 3.51. The van der Waals surface area contributed by atoms with Crippen molar-refractivity contribution in [2.24, 2.45) is 5.41 Å². The highest BCUT2D eigenvalue weighted by Gasteiger charge is 2.35. The monoisotopic (exact) mass is 457 g/mol. The average Bonchev–Trinajstić information content (AvgIpc) is 2.78. The summed E-state index contributed by atoms with van der Waals surface area (Å²) in [6, 6.07) is 16.5. The number of sulfonamides is 1. The molecule has 0 saturated carbocycles. The van der Waals surface area contributed by atoms with Gasteiger partial charge in [-0.25, -0.2) is 17.9 Å². The van der Waals surface area contributed by atoms with Gasteiger partial charge in [0.1, 0.15) is 6.61 Å². The van der Waals surface area contributed by atoms with Crippen LogP contribution in [-0.4, -0.2) is 45.3 Å². The van der Waals surface area contributed by atoms with Crippen LogP contribution >= 0.6 is 0 Å². The fourth-order valence-corrected chi connectivity index (χ4v) is 5.14. The van der Waals surface area contributed by atoms with E-state index in [1.165, 1.54) is 17.4 Å². The molecule has 0 bridgehead atoms. The molecule has 172 valence electrons. The molecule has 8 heteroatoms. The molecule has 32 heavy (non-hydrogen) atoms. The number of rotatable bonds is 8. The quantitative estimate of drug-likeness (QED) is 0.633. The van der Waals surface area contributed by atoms with Gasteiger partial charge in [0.15, 0.2) is 0 Å². The lowest BCUT2D eigenvalue weighted by Crippen LogP contribution is -2.46. The minimum Gasteiger partial charge on any atom is -0.444 e. The second-order valence-corrected chi connectivity index (χ2v) is 10.9. The van der Waals surface area contributed by atoms with Gasteiger partial charge >= 0.3 is 6.09 Å². The van der Waals surface area contributed by atoms with Crippen molar-refractivity contribution in [3.05, 3.63) is 65.2 Å². The van der Waals surface area contributed by atoms with Gasteiger partial charge in [0.25, 0.3) is 0 Å². The van der Waals surface area contributed by atoms with E-state index >= 15 is 0 Å². The summed E-state index contributed by atoms with van der Waals surface area (Å²) in [4.78, 5) is 13.8. The van der Waals surface area contributed by atoms with Crippen LogP contribution in [0.4, 0.5) is 10.5 Å². The number of ether oxygens (including phenoxy) is 1. The minimum absolute atomic E-state index is 0.0383. The number of hydrogen-bond acceptors (Lipinski definition) is 5. The van der Waals surface area contributed by atoms with Crippen LogP contribution < -0.4 is 10.0 Å². The number of carbonyl (C=O) groups excluding carboxylic acids is 1. The number of aryl methyl sites for hydroxylation is 1. The predicted molar refractivity (Wildman–Crippen MR) is 125 cm³/mol. The molecule has 2 N–H and O–H groups in total. The van der Waals surface area contributed by atoms with E-state index in [-0.39, 0.29) is 5.41 Å². The summed E-state index contributed by atoms with van der Waals surface area (Å²) in [5, 5.41) is 2.72. The van der Waals surface area contributed by atoms with E-state index in [4.69, 9.17) is 4.74 Å². The van der Waals surface area contributed by atoms with Crippen molar-refractivity contribution in [1.29, 1.82) is 0 Å². The number of fused-ring (bicyclic) bond motifs is 1. The highest BCUT2D eigenvalue weighted by atomic mass is 32.2. The number of piperidine rings is 1. The van der Waals surface area contributed by atoms with Crippen LogP contribution in [0.5, 0.6) is 0 Å². The molecule has 2 aromatic carbocycles. The van der Waals surface area contributed by atoms with E-state index in [9.17, 15) is 13.2 Å². The summed E-state index contributed by atoms with van der Waals surface area (Å²) in [5.74, 6) is 0. The third kappa shape index (κ3) is 6.09. The maximum Gasteiger partial charge on any atom is 0.411 e. The molecular weight excluding hydrogens is 426 g/mol. The number of likely N-dealkylation sites (tertiary alicyclic amines) is 1. The molecule has 7 nitrogen and oxygen atoms in total. The van der Waals surface area contributed by atoms with Gasteiger partial charge in [-0.2, -0.15) is 0 Å². The molecule has 0 aromatic heterocycles. The number of anilines is 1. The number of carbonyl (C=O) groups is 1. The molecule has 2 aliphatic rings. The molecule has 0 radical (unpaired) electrons. The van der Waals surface area contributed by atoms with Crippen molar-refractivity contribution >= 4 is 21.8 Å². The van der Waals surface area contributed by atoms with Gasteiger partial charge in [0.05, 0.1) is 11.9 Å². The molecule has 2 heterocycles. The van der Waals surface area contributed by atoms with Crippen molar-refractivity contribution in [3.8, 4) is 0 Å². The Labute approximate surface area is 190 Å². The van der Waals surface area contributed by atoms with Crippen LogP contribution in [0.3, 0.4) is 0 Å². The molecule has 0 spiro atoms. The molecular formula is C24H31N3O4S. The fraction of sp³-hybridized carbons (Fsp3) is 0.458. The maximum absolute atomic E-state index is 11.8. The van der Waals surface area contributed by atoms with Gasteiger partial charge in [0.2, 0.25) is 10.0 Å². The molecule has 4 rings (SSSR count).